The van der Waals surface area contributed by atoms with Crippen LogP contribution in [0.2, 0.25) is 0 Å². The van der Waals surface area contributed by atoms with Gasteiger partial charge in [-0.2, -0.15) is 0 Å². The number of nitrogens with zero attached hydrogens (tertiary/aromatic N) is 1. The number of benzene rings is 1. The molecule has 0 aliphatic carbocycles. The highest BCUT2D eigenvalue weighted by molar-refractivity contribution is 5.34. The van der Waals surface area contributed by atoms with Gasteiger partial charge in [-0.25, -0.2) is 0 Å². The Hall–Kier alpha value is -1.02. The molecule has 2 nitrogen and oxygen atoms in total. The number of hydrogen-bond donors (Lipinski definition) is 1. The van der Waals surface area contributed by atoms with E-state index in [9.17, 15) is 5.11 Å². The second-order valence-electron chi connectivity index (χ2n) is 3.86. The van der Waals surface area contributed by atoms with Crippen LogP contribution in [0.15, 0.2) is 24.3 Å². The summed E-state index contributed by atoms with van der Waals surface area (Å²) in [5.74, 6) is 0.402. The summed E-state index contributed by atoms with van der Waals surface area (Å²) in [5.41, 5.74) is 1.02. The first-order valence-electron chi connectivity index (χ1n) is 5.72. The van der Waals surface area contributed by atoms with Crippen LogP contribution in [0.25, 0.3) is 0 Å². The smallest absolute Gasteiger partial charge is 0.120 e. The fourth-order valence-corrected chi connectivity index (χ4v) is 1.95. The van der Waals surface area contributed by atoms with E-state index >= 15 is 0 Å². The number of hydrogen-bond acceptors (Lipinski definition) is 2. The van der Waals surface area contributed by atoms with Gasteiger partial charge in [0.1, 0.15) is 5.75 Å². The van der Waals surface area contributed by atoms with E-state index in [0.717, 1.165) is 25.1 Å². The molecule has 0 aliphatic rings. The Morgan fingerprint density at radius 3 is 2.47 bits per heavy atom. The van der Waals surface area contributed by atoms with Crippen molar-refractivity contribution in [2.75, 3.05) is 13.1 Å². The van der Waals surface area contributed by atoms with E-state index in [0.29, 0.717) is 5.75 Å². The lowest BCUT2D eigenvalue weighted by Gasteiger charge is -2.28. The minimum absolute atomic E-state index is 0.288. The number of phenols is 1. The second-order valence-corrected chi connectivity index (χ2v) is 3.86. The molecule has 0 bridgehead atoms. The standard InChI is InChI=1S/C13H21NO/c1-4-10-14(5-2)11(3)12-8-6-7-9-13(12)15/h6-9,11,15H,4-5,10H2,1-3H3. The molecule has 1 unspecified atom stereocenters. The van der Waals surface area contributed by atoms with Crippen molar-refractivity contribution in [2.45, 2.75) is 33.2 Å². The molecule has 0 aromatic heterocycles. The normalized spacial score (nSPS) is 13.1. The molecule has 1 aromatic rings. The van der Waals surface area contributed by atoms with Crippen LogP contribution in [-0.4, -0.2) is 23.1 Å². The second kappa shape index (κ2) is 5.76. The highest BCUT2D eigenvalue weighted by Gasteiger charge is 2.15. The van der Waals surface area contributed by atoms with Gasteiger partial charge >= 0.3 is 0 Å². The van der Waals surface area contributed by atoms with Crippen LogP contribution in [0, 0.1) is 0 Å². The minimum atomic E-state index is 0.288. The zero-order valence-electron chi connectivity index (χ0n) is 9.90. The predicted molar refractivity (Wildman–Crippen MR) is 64.1 cm³/mol. The lowest BCUT2D eigenvalue weighted by Crippen LogP contribution is -2.27. The van der Waals surface area contributed by atoms with E-state index in [-0.39, 0.29) is 6.04 Å². The van der Waals surface area contributed by atoms with Gasteiger partial charge in [0, 0.05) is 11.6 Å². The molecule has 0 heterocycles. The highest BCUT2D eigenvalue weighted by Crippen LogP contribution is 2.27. The maximum atomic E-state index is 9.77. The molecule has 84 valence electrons. The van der Waals surface area contributed by atoms with E-state index in [1.54, 1.807) is 6.07 Å². The highest BCUT2D eigenvalue weighted by atomic mass is 16.3. The molecular formula is C13H21NO. The van der Waals surface area contributed by atoms with Gasteiger partial charge in [-0.15, -0.1) is 0 Å². The maximum Gasteiger partial charge on any atom is 0.120 e. The molecule has 15 heavy (non-hydrogen) atoms. The fourth-order valence-electron chi connectivity index (χ4n) is 1.95. The number of rotatable bonds is 5. The third-order valence-corrected chi connectivity index (χ3v) is 2.85. The molecule has 2 heteroatoms. The van der Waals surface area contributed by atoms with Crippen LogP contribution in [0.4, 0.5) is 0 Å². The summed E-state index contributed by atoms with van der Waals surface area (Å²) in [5, 5.41) is 9.77. The van der Waals surface area contributed by atoms with Crippen LogP contribution in [0.3, 0.4) is 0 Å². The predicted octanol–water partition coefficient (Wildman–Crippen LogP) is 3.19. The molecule has 0 spiro atoms. The molecule has 1 N–H and O–H groups in total. The maximum absolute atomic E-state index is 9.77. The lowest BCUT2D eigenvalue weighted by molar-refractivity contribution is 0.218. The zero-order valence-corrected chi connectivity index (χ0v) is 9.90. The Bertz CT molecular complexity index is 298. The van der Waals surface area contributed by atoms with E-state index < -0.39 is 0 Å². The topological polar surface area (TPSA) is 23.5 Å². The molecular weight excluding hydrogens is 186 g/mol. The molecule has 0 aliphatic heterocycles. The third-order valence-electron chi connectivity index (χ3n) is 2.85. The van der Waals surface area contributed by atoms with Gasteiger partial charge in [-0.1, -0.05) is 32.0 Å². The van der Waals surface area contributed by atoms with Crippen molar-refractivity contribution in [3.8, 4) is 5.75 Å². The quantitative estimate of drug-likeness (QED) is 0.801. The van der Waals surface area contributed by atoms with Crippen molar-refractivity contribution >= 4 is 0 Å². The molecule has 0 saturated heterocycles. The first-order valence-corrected chi connectivity index (χ1v) is 5.72. The summed E-state index contributed by atoms with van der Waals surface area (Å²) in [6.07, 6.45) is 1.14. The van der Waals surface area contributed by atoms with Gasteiger partial charge in [0.2, 0.25) is 0 Å². The van der Waals surface area contributed by atoms with Crippen molar-refractivity contribution in [1.82, 2.24) is 4.90 Å². The summed E-state index contributed by atoms with van der Waals surface area (Å²) in [6, 6.07) is 7.88. The Balaban J connectivity index is 2.82. The molecule has 1 atom stereocenters. The Labute approximate surface area is 92.5 Å². The van der Waals surface area contributed by atoms with Gasteiger partial charge in [-0.3, -0.25) is 4.90 Å². The van der Waals surface area contributed by atoms with Crippen molar-refractivity contribution in [1.29, 1.82) is 0 Å². The molecule has 1 aromatic carbocycles. The van der Waals surface area contributed by atoms with Crippen LogP contribution in [0.5, 0.6) is 5.75 Å². The summed E-state index contributed by atoms with van der Waals surface area (Å²) in [4.78, 5) is 2.37. The van der Waals surface area contributed by atoms with E-state index in [1.807, 2.05) is 18.2 Å². The SMILES string of the molecule is CCCN(CC)C(C)c1ccccc1O. The largest absolute Gasteiger partial charge is 0.508 e. The van der Waals surface area contributed by atoms with Gasteiger partial charge in [0.05, 0.1) is 0 Å². The van der Waals surface area contributed by atoms with Crippen molar-refractivity contribution in [2.24, 2.45) is 0 Å². The first kappa shape index (κ1) is 12.1. The van der Waals surface area contributed by atoms with Crippen molar-refractivity contribution in [3.05, 3.63) is 29.8 Å². The molecule has 0 radical (unpaired) electrons. The zero-order chi connectivity index (χ0) is 11.3. The van der Waals surface area contributed by atoms with E-state index in [4.69, 9.17) is 0 Å². The van der Waals surface area contributed by atoms with Crippen molar-refractivity contribution < 1.29 is 5.11 Å². The fraction of sp³-hybridized carbons (Fsp3) is 0.538. The Morgan fingerprint density at radius 1 is 1.27 bits per heavy atom. The van der Waals surface area contributed by atoms with Crippen LogP contribution in [-0.2, 0) is 0 Å². The van der Waals surface area contributed by atoms with Gasteiger partial charge in [0.15, 0.2) is 0 Å². The van der Waals surface area contributed by atoms with Crippen molar-refractivity contribution in [3.63, 3.8) is 0 Å². The summed E-state index contributed by atoms with van der Waals surface area (Å²) < 4.78 is 0. The average molecular weight is 207 g/mol. The third kappa shape index (κ3) is 2.96. The Morgan fingerprint density at radius 2 is 1.93 bits per heavy atom. The van der Waals surface area contributed by atoms with Crippen LogP contribution >= 0.6 is 0 Å². The summed E-state index contributed by atoms with van der Waals surface area (Å²) >= 11 is 0. The number of phenolic OH excluding ortho intramolecular Hbond substituents is 1. The average Bonchev–Trinajstić information content (AvgIpc) is 2.25. The summed E-state index contributed by atoms with van der Waals surface area (Å²) in [6.45, 7) is 8.58. The minimum Gasteiger partial charge on any atom is -0.508 e. The number of aromatic hydroxyl groups is 1. The van der Waals surface area contributed by atoms with Gasteiger partial charge in [-0.05, 0) is 32.5 Å². The molecule has 0 amide bonds. The molecule has 1 rings (SSSR count). The van der Waals surface area contributed by atoms with Gasteiger partial charge in [0.25, 0.3) is 0 Å². The monoisotopic (exact) mass is 207 g/mol. The summed E-state index contributed by atoms with van der Waals surface area (Å²) in [7, 11) is 0. The first-order chi connectivity index (χ1) is 7.20. The van der Waals surface area contributed by atoms with Crippen LogP contribution < -0.4 is 0 Å². The number of para-hydroxylation sites is 1. The van der Waals surface area contributed by atoms with Crippen LogP contribution in [0.1, 0.15) is 38.8 Å². The molecule has 0 saturated carbocycles. The Kier molecular flexibility index (Phi) is 4.63. The molecule has 0 fully saturated rings. The van der Waals surface area contributed by atoms with Gasteiger partial charge < -0.3 is 5.11 Å². The van der Waals surface area contributed by atoms with E-state index in [2.05, 4.69) is 25.7 Å². The van der Waals surface area contributed by atoms with E-state index in [1.165, 1.54) is 0 Å². The lowest BCUT2D eigenvalue weighted by atomic mass is 10.1.